The zero-order chi connectivity index (χ0) is 24.1. The van der Waals surface area contributed by atoms with Crippen LogP contribution in [0.15, 0.2) is 18.3 Å². The van der Waals surface area contributed by atoms with E-state index in [1.54, 1.807) is 12.1 Å². The van der Waals surface area contributed by atoms with E-state index in [0.717, 1.165) is 57.4 Å². The van der Waals surface area contributed by atoms with E-state index in [2.05, 4.69) is 35.2 Å². The summed E-state index contributed by atoms with van der Waals surface area (Å²) in [6.07, 6.45) is 6.54. The standard InChI is InChI=1S/C22H31N7O4S/c1-15-11-19-26-21(31)20-18(12-17(13-24-20)28-34(32,33)10-9-30)29-8-4-6-16(14-29)5-2-3-7-23-22(25-15)27-19/h11-13,16,28,30H,2-10,14H2,1H3,(H2,23,25,26,27,31)/t16-/m0/s1. The molecule has 2 aliphatic heterocycles. The van der Waals surface area contributed by atoms with Gasteiger partial charge >= 0.3 is 0 Å². The van der Waals surface area contributed by atoms with Crippen molar-refractivity contribution in [2.45, 2.75) is 39.0 Å². The monoisotopic (exact) mass is 489 g/mol. The molecule has 1 atom stereocenters. The third kappa shape index (κ3) is 6.11. The van der Waals surface area contributed by atoms with Crippen LogP contribution < -0.4 is 20.3 Å². The van der Waals surface area contributed by atoms with E-state index in [1.807, 2.05) is 6.92 Å². The second kappa shape index (κ2) is 10.5. The fraction of sp³-hybridized carbons (Fsp3) is 0.545. The van der Waals surface area contributed by atoms with E-state index >= 15 is 0 Å². The Hall–Kier alpha value is -2.99. The Morgan fingerprint density at radius 3 is 2.85 bits per heavy atom. The molecule has 0 radical (unpaired) electrons. The van der Waals surface area contributed by atoms with Gasteiger partial charge in [0.1, 0.15) is 5.82 Å². The number of aliphatic hydroxyl groups is 1. The van der Waals surface area contributed by atoms with Crippen molar-refractivity contribution in [3.05, 3.63) is 29.7 Å². The molecule has 1 amide bonds. The molecule has 2 aromatic heterocycles. The first kappa shape index (κ1) is 24.1. The number of pyridine rings is 1. The zero-order valence-corrected chi connectivity index (χ0v) is 20.1. The second-order valence-corrected chi connectivity index (χ2v) is 10.6. The molecule has 4 bridgehead atoms. The Morgan fingerprint density at radius 1 is 1.21 bits per heavy atom. The number of anilines is 4. The average Bonchev–Trinajstić information content (AvgIpc) is 2.78. The number of carbonyl (C=O) groups is 1. The topological polar surface area (TPSA) is 149 Å². The van der Waals surface area contributed by atoms with Crippen LogP contribution >= 0.6 is 0 Å². The van der Waals surface area contributed by atoms with Crippen molar-refractivity contribution in [3.8, 4) is 0 Å². The normalized spacial score (nSPS) is 19.2. The lowest BCUT2D eigenvalue weighted by Crippen LogP contribution is -2.37. The molecule has 2 aliphatic rings. The molecular formula is C22H31N7O4S. The molecule has 11 nitrogen and oxygen atoms in total. The zero-order valence-electron chi connectivity index (χ0n) is 19.2. The summed E-state index contributed by atoms with van der Waals surface area (Å²) in [6, 6.07) is 3.34. The van der Waals surface area contributed by atoms with Gasteiger partial charge in [0, 0.05) is 31.4 Å². The minimum atomic E-state index is -3.72. The van der Waals surface area contributed by atoms with Crippen LogP contribution in [0.4, 0.5) is 23.1 Å². The Bertz CT molecular complexity index is 1140. The first-order valence-electron chi connectivity index (χ1n) is 11.6. The summed E-state index contributed by atoms with van der Waals surface area (Å²) in [5, 5.41) is 15.1. The Labute approximate surface area is 199 Å². The van der Waals surface area contributed by atoms with Gasteiger partial charge in [-0.3, -0.25) is 9.52 Å². The van der Waals surface area contributed by atoms with Crippen molar-refractivity contribution in [1.29, 1.82) is 0 Å². The van der Waals surface area contributed by atoms with Gasteiger partial charge in [0.25, 0.3) is 5.91 Å². The highest BCUT2D eigenvalue weighted by atomic mass is 32.2. The maximum absolute atomic E-state index is 13.3. The molecule has 0 unspecified atom stereocenters. The van der Waals surface area contributed by atoms with Crippen molar-refractivity contribution in [2.75, 3.05) is 52.2 Å². The number of aryl methyl sites for hydroxylation is 1. The first-order chi connectivity index (χ1) is 16.3. The van der Waals surface area contributed by atoms with Crippen molar-refractivity contribution < 1.29 is 18.3 Å². The van der Waals surface area contributed by atoms with Crippen molar-refractivity contribution >= 4 is 39.1 Å². The number of fused-ring (bicyclic) bond motifs is 6. The number of sulfonamides is 1. The number of piperidine rings is 1. The number of amides is 1. The summed E-state index contributed by atoms with van der Waals surface area (Å²) in [5.74, 6) is 0.464. The predicted molar refractivity (Wildman–Crippen MR) is 131 cm³/mol. The number of nitrogens with one attached hydrogen (secondary N) is 3. The van der Waals surface area contributed by atoms with E-state index in [9.17, 15) is 13.2 Å². The van der Waals surface area contributed by atoms with E-state index < -0.39 is 28.3 Å². The van der Waals surface area contributed by atoms with Crippen LogP contribution in [0, 0.1) is 12.8 Å². The first-order valence-corrected chi connectivity index (χ1v) is 13.3. The minimum Gasteiger partial charge on any atom is -0.395 e. The van der Waals surface area contributed by atoms with Gasteiger partial charge in [-0.25, -0.2) is 18.4 Å². The predicted octanol–water partition coefficient (Wildman–Crippen LogP) is 1.98. The molecule has 34 heavy (non-hydrogen) atoms. The summed E-state index contributed by atoms with van der Waals surface area (Å²) < 4.78 is 26.8. The quantitative estimate of drug-likeness (QED) is 0.505. The van der Waals surface area contributed by atoms with E-state index in [0.29, 0.717) is 23.4 Å². The van der Waals surface area contributed by atoms with Gasteiger partial charge in [-0.05, 0) is 44.6 Å². The molecule has 184 valence electrons. The van der Waals surface area contributed by atoms with Crippen LogP contribution in [-0.2, 0) is 10.0 Å². The molecule has 12 heteroatoms. The van der Waals surface area contributed by atoms with Crippen LogP contribution in [0.1, 0.15) is 48.3 Å². The minimum absolute atomic E-state index is 0.200. The summed E-state index contributed by atoms with van der Waals surface area (Å²) in [5.41, 5.74) is 1.75. The molecule has 0 saturated carbocycles. The van der Waals surface area contributed by atoms with Gasteiger partial charge in [0.15, 0.2) is 5.69 Å². The number of rotatable bonds is 4. The largest absolute Gasteiger partial charge is 0.395 e. The lowest BCUT2D eigenvalue weighted by molar-refractivity contribution is 0.102. The highest BCUT2D eigenvalue weighted by Crippen LogP contribution is 2.31. The Kier molecular flexibility index (Phi) is 7.47. The fourth-order valence-electron chi connectivity index (χ4n) is 4.44. The van der Waals surface area contributed by atoms with E-state index in [1.165, 1.54) is 6.20 Å². The summed E-state index contributed by atoms with van der Waals surface area (Å²) in [4.78, 5) is 28.5. The third-order valence-corrected chi connectivity index (χ3v) is 7.26. The lowest BCUT2D eigenvalue weighted by atomic mass is 9.92. The molecule has 0 aromatic carbocycles. The van der Waals surface area contributed by atoms with Gasteiger partial charge in [-0.1, -0.05) is 6.42 Å². The summed E-state index contributed by atoms with van der Waals surface area (Å²) in [7, 11) is -3.72. The van der Waals surface area contributed by atoms with E-state index in [-0.39, 0.29) is 11.4 Å². The maximum Gasteiger partial charge on any atom is 0.277 e. The molecule has 1 fully saturated rings. The Balaban J connectivity index is 1.71. The second-order valence-electron chi connectivity index (χ2n) is 8.79. The van der Waals surface area contributed by atoms with Crippen LogP contribution in [-0.4, -0.2) is 66.4 Å². The van der Waals surface area contributed by atoms with E-state index in [4.69, 9.17) is 5.11 Å². The molecule has 0 spiro atoms. The number of aromatic nitrogens is 3. The molecule has 4 heterocycles. The highest BCUT2D eigenvalue weighted by molar-refractivity contribution is 7.92. The molecule has 2 aromatic rings. The number of carbonyl (C=O) groups excluding carboxylic acids is 1. The molecule has 4 N–H and O–H groups in total. The molecule has 4 rings (SSSR count). The maximum atomic E-state index is 13.3. The van der Waals surface area contributed by atoms with Crippen LogP contribution in [0.5, 0.6) is 0 Å². The van der Waals surface area contributed by atoms with Gasteiger partial charge < -0.3 is 20.6 Å². The molecular weight excluding hydrogens is 458 g/mol. The SMILES string of the molecule is Cc1cc2nc(n1)NCCCC[C@H]1CCCN(C1)c1cc(NS(=O)(=O)CCO)cnc1C(=O)N2. The molecule has 0 aliphatic carbocycles. The van der Waals surface area contributed by atoms with Gasteiger partial charge in [0.2, 0.25) is 16.0 Å². The van der Waals surface area contributed by atoms with Gasteiger partial charge in [-0.15, -0.1) is 0 Å². The number of hydrogen-bond acceptors (Lipinski definition) is 9. The fourth-order valence-corrected chi connectivity index (χ4v) is 5.25. The van der Waals surface area contributed by atoms with Gasteiger partial charge in [0.05, 0.1) is 29.9 Å². The van der Waals surface area contributed by atoms with Crippen molar-refractivity contribution in [2.24, 2.45) is 5.92 Å². The van der Waals surface area contributed by atoms with Crippen molar-refractivity contribution in [1.82, 2.24) is 15.0 Å². The lowest BCUT2D eigenvalue weighted by Gasteiger charge is -2.35. The molecule has 1 saturated heterocycles. The summed E-state index contributed by atoms with van der Waals surface area (Å²) >= 11 is 0. The van der Waals surface area contributed by atoms with Crippen LogP contribution in [0.3, 0.4) is 0 Å². The smallest absolute Gasteiger partial charge is 0.277 e. The van der Waals surface area contributed by atoms with Crippen LogP contribution in [0.2, 0.25) is 0 Å². The number of aliphatic hydroxyl groups excluding tert-OH is 1. The average molecular weight is 490 g/mol. The third-order valence-electron chi connectivity index (χ3n) is 5.99. The van der Waals surface area contributed by atoms with Gasteiger partial charge in [-0.2, -0.15) is 4.98 Å². The Morgan fingerprint density at radius 2 is 2.03 bits per heavy atom. The number of hydrogen-bond donors (Lipinski definition) is 4. The van der Waals surface area contributed by atoms with Crippen LogP contribution in [0.25, 0.3) is 0 Å². The summed E-state index contributed by atoms with van der Waals surface area (Å²) in [6.45, 7) is 3.63. The number of nitrogens with zero attached hydrogens (tertiary/aromatic N) is 4. The highest BCUT2D eigenvalue weighted by Gasteiger charge is 2.26. The van der Waals surface area contributed by atoms with Crippen molar-refractivity contribution in [3.63, 3.8) is 0 Å².